The summed E-state index contributed by atoms with van der Waals surface area (Å²) in [5, 5.41) is 6.41. The highest BCUT2D eigenvalue weighted by atomic mass is 16.5. The summed E-state index contributed by atoms with van der Waals surface area (Å²) in [6.45, 7) is 1.12. The Labute approximate surface area is 149 Å². The van der Waals surface area contributed by atoms with Gasteiger partial charge in [0.25, 0.3) is 0 Å². The maximum Gasteiger partial charge on any atom is 0.207 e. The van der Waals surface area contributed by atoms with E-state index in [1.165, 1.54) is 6.33 Å². The third-order valence-electron chi connectivity index (χ3n) is 3.62. The second-order valence-corrected chi connectivity index (χ2v) is 5.46. The number of imidazole rings is 1. The molecular weight excluding hydrogens is 330 g/mol. The van der Waals surface area contributed by atoms with Crippen molar-refractivity contribution in [2.75, 3.05) is 23.8 Å². The third-order valence-corrected chi connectivity index (χ3v) is 3.62. The number of nitrogens with one attached hydrogen (secondary N) is 3. The summed E-state index contributed by atoms with van der Waals surface area (Å²) in [5.41, 5.74) is 2.15. The molecule has 4 rings (SSSR count). The fourth-order valence-electron chi connectivity index (χ4n) is 2.45. The number of hydrogen-bond acceptors (Lipinski definition) is 7. The maximum absolute atomic E-state index is 5.67. The molecule has 0 spiro atoms. The van der Waals surface area contributed by atoms with Crippen molar-refractivity contribution in [1.82, 2.24) is 24.9 Å². The first kappa shape index (κ1) is 15.8. The van der Waals surface area contributed by atoms with Crippen LogP contribution in [0.2, 0.25) is 0 Å². The van der Waals surface area contributed by atoms with Crippen LogP contribution in [-0.2, 0) is 0 Å². The Hall–Kier alpha value is -3.68. The van der Waals surface area contributed by atoms with Crippen LogP contribution >= 0.6 is 0 Å². The minimum absolute atomic E-state index is 0.518. The molecule has 26 heavy (non-hydrogen) atoms. The first-order chi connectivity index (χ1) is 12.9. The number of fused-ring (bicyclic) bond motifs is 1. The van der Waals surface area contributed by atoms with E-state index >= 15 is 0 Å². The van der Waals surface area contributed by atoms with Crippen LogP contribution < -0.4 is 15.4 Å². The molecule has 8 heteroatoms. The lowest BCUT2D eigenvalue weighted by atomic mass is 10.3. The molecule has 130 valence electrons. The van der Waals surface area contributed by atoms with E-state index < -0.39 is 0 Å². The van der Waals surface area contributed by atoms with Crippen molar-refractivity contribution in [3.05, 3.63) is 61.2 Å². The monoisotopic (exact) mass is 347 g/mol. The molecule has 0 bridgehead atoms. The highest BCUT2D eigenvalue weighted by Gasteiger charge is 2.09. The summed E-state index contributed by atoms with van der Waals surface area (Å²) in [6, 6.07) is 13.5. The summed E-state index contributed by atoms with van der Waals surface area (Å²) in [5.74, 6) is 2.10. The number of aromatic nitrogens is 5. The summed E-state index contributed by atoms with van der Waals surface area (Å²) >= 11 is 0. The molecule has 8 nitrogen and oxygen atoms in total. The van der Waals surface area contributed by atoms with Crippen molar-refractivity contribution in [1.29, 1.82) is 0 Å². The zero-order valence-corrected chi connectivity index (χ0v) is 13.9. The Kier molecular flexibility index (Phi) is 4.55. The first-order valence-corrected chi connectivity index (χ1v) is 8.18. The summed E-state index contributed by atoms with van der Waals surface area (Å²) in [6.07, 6.45) is 4.92. The predicted octanol–water partition coefficient (Wildman–Crippen LogP) is 2.98. The molecule has 0 fully saturated rings. The first-order valence-electron chi connectivity index (χ1n) is 8.18. The zero-order valence-electron chi connectivity index (χ0n) is 13.9. The van der Waals surface area contributed by atoms with Crippen LogP contribution in [0.5, 0.6) is 5.75 Å². The molecular formula is C18H17N7O. The summed E-state index contributed by atoms with van der Waals surface area (Å²) < 4.78 is 5.67. The number of ether oxygens (including phenoxy) is 1. The standard InChI is InChI=1S/C18H17N7O/c1-2-6-14(7-3-1)26-10-9-20-16-15-17(22-12-21-16)25-18(24-15)23-13-5-4-8-19-11-13/h1-8,11-12H,9-10H2,(H3,20,21,22,23,24,25). The summed E-state index contributed by atoms with van der Waals surface area (Å²) in [7, 11) is 0. The molecule has 0 saturated carbocycles. The van der Waals surface area contributed by atoms with E-state index in [2.05, 4.69) is 35.6 Å². The van der Waals surface area contributed by atoms with Crippen LogP contribution in [0.15, 0.2) is 61.2 Å². The molecule has 0 radical (unpaired) electrons. The van der Waals surface area contributed by atoms with Gasteiger partial charge in [0.05, 0.1) is 18.4 Å². The van der Waals surface area contributed by atoms with E-state index in [0.717, 1.165) is 17.0 Å². The number of H-pyrrole nitrogens is 1. The molecule has 3 N–H and O–H groups in total. The van der Waals surface area contributed by atoms with E-state index in [-0.39, 0.29) is 0 Å². The Morgan fingerprint density at radius 2 is 1.96 bits per heavy atom. The Bertz CT molecular complexity index is 973. The largest absolute Gasteiger partial charge is 0.492 e. The average molecular weight is 347 g/mol. The van der Waals surface area contributed by atoms with Crippen LogP contribution in [-0.4, -0.2) is 38.1 Å². The van der Waals surface area contributed by atoms with Gasteiger partial charge in [-0.1, -0.05) is 18.2 Å². The maximum atomic E-state index is 5.67. The number of benzene rings is 1. The molecule has 3 heterocycles. The van der Waals surface area contributed by atoms with E-state index in [9.17, 15) is 0 Å². The molecule has 0 amide bonds. The van der Waals surface area contributed by atoms with Gasteiger partial charge in [0.15, 0.2) is 11.5 Å². The second-order valence-electron chi connectivity index (χ2n) is 5.46. The quantitative estimate of drug-likeness (QED) is 0.442. The Morgan fingerprint density at radius 3 is 2.81 bits per heavy atom. The fourth-order valence-corrected chi connectivity index (χ4v) is 2.45. The van der Waals surface area contributed by atoms with E-state index in [1.54, 1.807) is 12.4 Å². The van der Waals surface area contributed by atoms with Crippen molar-refractivity contribution >= 4 is 28.6 Å². The molecule has 4 aromatic rings. The van der Waals surface area contributed by atoms with Crippen molar-refractivity contribution in [2.24, 2.45) is 0 Å². The van der Waals surface area contributed by atoms with Crippen LogP contribution in [0.4, 0.5) is 17.5 Å². The smallest absolute Gasteiger partial charge is 0.207 e. The second kappa shape index (κ2) is 7.47. The fraction of sp³-hybridized carbons (Fsp3) is 0.111. The van der Waals surface area contributed by atoms with Crippen molar-refractivity contribution < 1.29 is 4.74 Å². The lowest BCUT2D eigenvalue weighted by Gasteiger charge is -2.08. The van der Waals surface area contributed by atoms with E-state index in [1.807, 2.05) is 42.5 Å². The van der Waals surface area contributed by atoms with E-state index in [0.29, 0.717) is 30.6 Å². The van der Waals surface area contributed by atoms with Gasteiger partial charge in [0, 0.05) is 6.20 Å². The van der Waals surface area contributed by atoms with Gasteiger partial charge in [-0.05, 0) is 24.3 Å². The number of para-hydroxylation sites is 1. The van der Waals surface area contributed by atoms with Crippen LogP contribution in [0.25, 0.3) is 11.2 Å². The molecule has 0 unspecified atom stereocenters. The number of hydrogen-bond donors (Lipinski definition) is 3. The molecule has 0 aliphatic rings. The topological polar surface area (TPSA) is 101 Å². The number of anilines is 3. The molecule has 1 aromatic carbocycles. The van der Waals surface area contributed by atoms with Crippen LogP contribution in [0.3, 0.4) is 0 Å². The third kappa shape index (κ3) is 3.69. The van der Waals surface area contributed by atoms with Crippen molar-refractivity contribution in [2.45, 2.75) is 0 Å². The van der Waals surface area contributed by atoms with Crippen molar-refractivity contribution in [3.8, 4) is 5.75 Å². The SMILES string of the molecule is c1ccc(OCCNc2ncnc3nc(Nc4cccnc4)[nH]c23)cc1. The minimum atomic E-state index is 0.518. The number of rotatable bonds is 7. The van der Waals surface area contributed by atoms with Gasteiger partial charge in [-0.2, -0.15) is 4.98 Å². The average Bonchev–Trinajstić information content (AvgIpc) is 3.10. The van der Waals surface area contributed by atoms with Gasteiger partial charge in [-0.3, -0.25) is 4.98 Å². The number of aromatic amines is 1. The molecule has 0 atom stereocenters. The molecule has 0 aliphatic heterocycles. The highest BCUT2D eigenvalue weighted by Crippen LogP contribution is 2.20. The van der Waals surface area contributed by atoms with Crippen LogP contribution in [0.1, 0.15) is 0 Å². The molecule has 3 aromatic heterocycles. The lowest BCUT2D eigenvalue weighted by molar-refractivity contribution is 0.333. The van der Waals surface area contributed by atoms with Gasteiger partial charge in [-0.25, -0.2) is 9.97 Å². The van der Waals surface area contributed by atoms with Gasteiger partial charge < -0.3 is 20.4 Å². The highest BCUT2D eigenvalue weighted by molar-refractivity contribution is 5.84. The predicted molar refractivity (Wildman–Crippen MR) is 99.6 cm³/mol. The minimum Gasteiger partial charge on any atom is -0.492 e. The van der Waals surface area contributed by atoms with Gasteiger partial charge in [0.1, 0.15) is 24.2 Å². The van der Waals surface area contributed by atoms with Gasteiger partial charge >= 0.3 is 0 Å². The Morgan fingerprint density at radius 1 is 1.04 bits per heavy atom. The lowest BCUT2D eigenvalue weighted by Crippen LogP contribution is -2.12. The van der Waals surface area contributed by atoms with E-state index in [4.69, 9.17) is 4.74 Å². The molecule has 0 saturated heterocycles. The number of nitrogens with zero attached hydrogens (tertiary/aromatic N) is 4. The summed E-state index contributed by atoms with van der Waals surface area (Å²) in [4.78, 5) is 20.2. The van der Waals surface area contributed by atoms with Gasteiger partial charge in [-0.15, -0.1) is 0 Å². The Balaban J connectivity index is 1.42. The molecule has 0 aliphatic carbocycles. The van der Waals surface area contributed by atoms with Crippen LogP contribution in [0, 0.1) is 0 Å². The zero-order chi connectivity index (χ0) is 17.6. The van der Waals surface area contributed by atoms with Gasteiger partial charge in [0.2, 0.25) is 5.95 Å². The van der Waals surface area contributed by atoms with Crippen molar-refractivity contribution in [3.63, 3.8) is 0 Å². The normalized spacial score (nSPS) is 10.6. The number of pyridine rings is 1.